The van der Waals surface area contributed by atoms with Crippen molar-refractivity contribution in [3.8, 4) is 0 Å². The van der Waals surface area contributed by atoms with Crippen molar-refractivity contribution >= 4 is 22.4 Å². The van der Waals surface area contributed by atoms with E-state index < -0.39 is 5.82 Å². The third-order valence-corrected chi connectivity index (χ3v) is 3.38. The van der Waals surface area contributed by atoms with Gasteiger partial charge in [-0.3, -0.25) is 10.1 Å². The highest BCUT2D eigenvalue weighted by atomic mass is 32.1. The number of hydrogen-bond donors (Lipinski definition) is 1. The smallest absolute Gasteiger partial charge is 0.257 e. The number of amides is 1. The number of anilines is 1. The first-order valence-electron chi connectivity index (χ1n) is 5.46. The molecule has 0 saturated carbocycles. The molecule has 2 rings (SSSR count). The molecule has 0 aliphatic rings. The fraction of sp³-hybridized carbons (Fsp3) is 0.250. The SMILES string of the molecule is CC(C)c1nnc(NC(=O)c2cccc(F)c2)s1. The second-order valence-corrected chi connectivity index (χ2v) is 5.07. The van der Waals surface area contributed by atoms with Gasteiger partial charge in [0.2, 0.25) is 5.13 Å². The summed E-state index contributed by atoms with van der Waals surface area (Å²) in [4.78, 5) is 11.8. The van der Waals surface area contributed by atoms with E-state index in [1.165, 1.54) is 29.5 Å². The third-order valence-electron chi connectivity index (χ3n) is 2.24. The normalized spacial score (nSPS) is 10.7. The predicted molar refractivity (Wildman–Crippen MR) is 68.4 cm³/mol. The van der Waals surface area contributed by atoms with E-state index in [1.54, 1.807) is 6.07 Å². The Morgan fingerprint density at radius 2 is 2.17 bits per heavy atom. The first-order valence-corrected chi connectivity index (χ1v) is 6.28. The Kier molecular flexibility index (Phi) is 3.66. The molecule has 1 amide bonds. The lowest BCUT2D eigenvalue weighted by molar-refractivity contribution is 0.102. The third kappa shape index (κ3) is 2.89. The standard InChI is InChI=1S/C12H12FN3OS/c1-7(2)11-15-16-12(18-11)14-10(17)8-4-3-5-9(13)6-8/h3-7H,1-2H3,(H,14,16,17). The highest BCUT2D eigenvalue weighted by molar-refractivity contribution is 7.15. The fourth-order valence-corrected chi connectivity index (χ4v) is 2.06. The second-order valence-electron chi connectivity index (χ2n) is 4.06. The highest BCUT2D eigenvalue weighted by Gasteiger charge is 2.12. The Balaban J connectivity index is 2.11. The Bertz CT molecular complexity index is 568. The van der Waals surface area contributed by atoms with Crippen molar-refractivity contribution in [3.63, 3.8) is 0 Å². The largest absolute Gasteiger partial charge is 0.296 e. The molecule has 1 aromatic heterocycles. The predicted octanol–water partition coefficient (Wildman–Crippen LogP) is 3.05. The summed E-state index contributed by atoms with van der Waals surface area (Å²) in [5.74, 6) is -0.564. The lowest BCUT2D eigenvalue weighted by Crippen LogP contribution is -2.11. The maximum atomic E-state index is 13.0. The van der Waals surface area contributed by atoms with Gasteiger partial charge in [0.05, 0.1) is 0 Å². The van der Waals surface area contributed by atoms with Crippen LogP contribution in [0.25, 0.3) is 0 Å². The molecule has 1 aromatic carbocycles. The van der Waals surface area contributed by atoms with E-state index in [4.69, 9.17) is 0 Å². The molecule has 0 aliphatic heterocycles. The number of rotatable bonds is 3. The Morgan fingerprint density at radius 1 is 1.39 bits per heavy atom. The fourth-order valence-electron chi connectivity index (χ4n) is 1.32. The molecule has 0 bridgehead atoms. The van der Waals surface area contributed by atoms with Gasteiger partial charge in [-0.05, 0) is 18.2 Å². The summed E-state index contributed by atoms with van der Waals surface area (Å²) < 4.78 is 13.0. The van der Waals surface area contributed by atoms with Crippen LogP contribution in [-0.4, -0.2) is 16.1 Å². The zero-order chi connectivity index (χ0) is 13.1. The quantitative estimate of drug-likeness (QED) is 0.928. The van der Waals surface area contributed by atoms with Crippen molar-refractivity contribution in [1.82, 2.24) is 10.2 Å². The van der Waals surface area contributed by atoms with Gasteiger partial charge in [-0.25, -0.2) is 4.39 Å². The minimum Gasteiger partial charge on any atom is -0.296 e. The van der Waals surface area contributed by atoms with Crippen LogP contribution in [0.15, 0.2) is 24.3 Å². The van der Waals surface area contributed by atoms with Gasteiger partial charge >= 0.3 is 0 Å². The van der Waals surface area contributed by atoms with Gasteiger partial charge < -0.3 is 0 Å². The summed E-state index contributed by atoms with van der Waals surface area (Å²) in [6, 6.07) is 5.50. The summed E-state index contributed by atoms with van der Waals surface area (Å²) in [6.45, 7) is 4.00. The summed E-state index contributed by atoms with van der Waals surface area (Å²) in [5, 5.41) is 11.7. The van der Waals surface area contributed by atoms with E-state index in [1.807, 2.05) is 13.8 Å². The van der Waals surface area contributed by atoms with Crippen LogP contribution in [0, 0.1) is 5.82 Å². The van der Waals surface area contributed by atoms with Gasteiger partial charge in [0.15, 0.2) is 0 Å². The summed E-state index contributed by atoms with van der Waals surface area (Å²) in [7, 11) is 0. The van der Waals surface area contributed by atoms with Crippen molar-refractivity contribution in [2.24, 2.45) is 0 Å². The second kappa shape index (κ2) is 5.22. The van der Waals surface area contributed by atoms with Crippen LogP contribution in [0.4, 0.5) is 9.52 Å². The number of halogens is 1. The molecule has 0 spiro atoms. The van der Waals surface area contributed by atoms with Crippen LogP contribution in [0.2, 0.25) is 0 Å². The number of nitrogens with one attached hydrogen (secondary N) is 1. The van der Waals surface area contributed by atoms with Crippen molar-refractivity contribution in [1.29, 1.82) is 0 Å². The van der Waals surface area contributed by atoms with Crippen LogP contribution in [0.1, 0.15) is 35.1 Å². The first-order chi connectivity index (χ1) is 8.56. The van der Waals surface area contributed by atoms with Crippen LogP contribution < -0.4 is 5.32 Å². The molecule has 0 fully saturated rings. The summed E-state index contributed by atoms with van der Waals surface area (Å²) in [6.07, 6.45) is 0. The Labute approximate surface area is 108 Å². The Hall–Kier alpha value is -1.82. The molecule has 2 aromatic rings. The topological polar surface area (TPSA) is 54.9 Å². The molecule has 0 atom stereocenters. The lowest BCUT2D eigenvalue weighted by atomic mass is 10.2. The van der Waals surface area contributed by atoms with E-state index in [-0.39, 0.29) is 17.4 Å². The molecule has 6 heteroatoms. The van der Waals surface area contributed by atoms with Crippen LogP contribution >= 0.6 is 11.3 Å². The molecular formula is C12H12FN3OS. The maximum absolute atomic E-state index is 13.0. The molecule has 4 nitrogen and oxygen atoms in total. The van der Waals surface area contributed by atoms with E-state index in [9.17, 15) is 9.18 Å². The van der Waals surface area contributed by atoms with E-state index in [2.05, 4.69) is 15.5 Å². The van der Waals surface area contributed by atoms with Crippen molar-refractivity contribution in [3.05, 3.63) is 40.7 Å². The van der Waals surface area contributed by atoms with Crippen molar-refractivity contribution in [2.75, 3.05) is 5.32 Å². The molecule has 1 heterocycles. The number of aromatic nitrogens is 2. The van der Waals surface area contributed by atoms with Crippen LogP contribution in [-0.2, 0) is 0 Å². The maximum Gasteiger partial charge on any atom is 0.257 e. The molecule has 0 unspecified atom stereocenters. The van der Waals surface area contributed by atoms with E-state index >= 15 is 0 Å². The van der Waals surface area contributed by atoms with Gasteiger partial charge in [-0.15, -0.1) is 10.2 Å². The highest BCUT2D eigenvalue weighted by Crippen LogP contribution is 2.22. The number of hydrogen-bond acceptors (Lipinski definition) is 4. The van der Waals surface area contributed by atoms with E-state index in [0.29, 0.717) is 5.13 Å². The molecule has 94 valence electrons. The molecule has 0 saturated heterocycles. The van der Waals surface area contributed by atoms with Gasteiger partial charge in [0.25, 0.3) is 5.91 Å². The monoisotopic (exact) mass is 265 g/mol. The molecule has 0 radical (unpaired) electrons. The molecular weight excluding hydrogens is 253 g/mol. The van der Waals surface area contributed by atoms with E-state index in [0.717, 1.165) is 5.01 Å². The average molecular weight is 265 g/mol. The minimum absolute atomic E-state index is 0.260. The van der Waals surface area contributed by atoms with Gasteiger partial charge in [0, 0.05) is 11.5 Å². The molecule has 18 heavy (non-hydrogen) atoms. The van der Waals surface area contributed by atoms with Crippen LogP contribution in [0.3, 0.4) is 0 Å². The number of carbonyl (C=O) groups excluding carboxylic acids is 1. The summed E-state index contributed by atoms with van der Waals surface area (Å²) in [5.41, 5.74) is 0.260. The zero-order valence-electron chi connectivity index (χ0n) is 9.98. The number of carbonyl (C=O) groups is 1. The number of nitrogens with zero attached hydrogens (tertiary/aromatic N) is 2. The van der Waals surface area contributed by atoms with Crippen molar-refractivity contribution in [2.45, 2.75) is 19.8 Å². The number of benzene rings is 1. The summed E-state index contributed by atoms with van der Waals surface area (Å²) >= 11 is 1.32. The minimum atomic E-state index is -0.442. The van der Waals surface area contributed by atoms with Crippen molar-refractivity contribution < 1.29 is 9.18 Å². The zero-order valence-corrected chi connectivity index (χ0v) is 10.8. The average Bonchev–Trinajstić information content (AvgIpc) is 2.77. The molecule has 0 aliphatic carbocycles. The van der Waals surface area contributed by atoms with Gasteiger partial charge in [-0.1, -0.05) is 31.3 Å². The Morgan fingerprint density at radius 3 is 2.78 bits per heavy atom. The first kappa shape index (κ1) is 12.6. The van der Waals surface area contributed by atoms with Crippen LogP contribution in [0.5, 0.6) is 0 Å². The molecule has 1 N–H and O–H groups in total. The lowest BCUT2D eigenvalue weighted by Gasteiger charge is -2.00. The van der Waals surface area contributed by atoms with Gasteiger partial charge in [-0.2, -0.15) is 0 Å². The van der Waals surface area contributed by atoms with Gasteiger partial charge in [0.1, 0.15) is 10.8 Å².